The van der Waals surface area contributed by atoms with Crippen LogP contribution in [-0.2, 0) is 19.9 Å². The second-order valence-electron chi connectivity index (χ2n) is 19.3. The molecule has 1 saturated heterocycles. The molecule has 3 aromatic rings. The van der Waals surface area contributed by atoms with Crippen molar-refractivity contribution in [1.82, 2.24) is 14.5 Å². The molecule has 0 spiro atoms. The molecule has 0 aromatic heterocycles. The zero-order chi connectivity index (χ0) is 45.6. The smallest absolute Gasteiger partial charge is 0.395 e. The normalized spacial score (nSPS) is 23.7. The number of rotatable bonds is 17. The quantitative estimate of drug-likeness (QED) is 0.0687. The van der Waals surface area contributed by atoms with Gasteiger partial charge in [0.05, 0.1) is 22.6 Å². The van der Waals surface area contributed by atoms with Crippen LogP contribution in [0, 0.1) is 16.2 Å². The Balaban J connectivity index is 0.995. The molecule has 2 bridgehead atoms. The summed E-state index contributed by atoms with van der Waals surface area (Å²) in [7, 11) is -9.10. The molecule has 0 unspecified atom stereocenters. The van der Waals surface area contributed by atoms with E-state index in [1.54, 1.807) is 37.3 Å². The molecule has 11 nitrogen and oxygen atoms in total. The molecule has 1 heterocycles. The Kier molecular flexibility index (Phi) is 13.5. The molecule has 4 aliphatic carbocycles. The number of anilines is 2. The van der Waals surface area contributed by atoms with Gasteiger partial charge in [-0.1, -0.05) is 50.1 Å². The summed E-state index contributed by atoms with van der Waals surface area (Å²) < 4.78 is 96.8. The van der Waals surface area contributed by atoms with E-state index in [4.69, 9.17) is 0 Å². The van der Waals surface area contributed by atoms with E-state index in [0.29, 0.717) is 35.3 Å². The summed E-state index contributed by atoms with van der Waals surface area (Å²) in [5.74, 6) is -1.02. The first-order valence-electron chi connectivity index (χ1n) is 21.6. The van der Waals surface area contributed by atoms with E-state index in [1.165, 1.54) is 56.0 Å². The Labute approximate surface area is 374 Å². The highest BCUT2D eigenvalue weighted by Gasteiger charge is 2.66. The zero-order valence-electron chi connectivity index (χ0n) is 36.7. The predicted molar refractivity (Wildman–Crippen MR) is 242 cm³/mol. The summed E-state index contributed by atoms with van der Waals surface area (Å²) >= 11 is 1.47. The van der Waals surface area contributed by atoms with Crippen LogP contribution < -0.4 is 14.9 Å². The third-order valence-corrected chi connectivity index (χ3v) is 17.6. The molecule has 3 N–H and O–H groups in total. The van der Waals surface area contributed by atoms with Crippen molar-refractivity contribution in [3.05, 3.63) is 89.5 Å². The molecule has 1 amide bonds. The number of alkyl halides is 3. The van der Waals surface area contributed by atoms with Gasteiger partial charge in [0.15, 0.2) is 0 Å². The molecule has 2 atom stereocenters. The number of sulfonamides is 1. The number of hydrogen-bond donors (Lipinski definition) is 3. The van der Waals surface area contributed by atoms with Crippen LogP contribution in [0.25, 0.3) is 0 Å². The van der Waals surface area contributed by atoms with Crippen molar-refractivity contribution in [3.63, 3.8) is 0 Å². The number of halogens is 3. The van der Waals surface area contributed by atoms with Gasteiger partial charge in [0.2, 0.25) is 0 Å². The summed E-state index contributed by atoms with van der Waals surface area (Å²) in [6, 6.07) is 17.6. The first kappa shape index (κ1) is 47.4. The van der Waals surface area contributed by atoms with Gasteiger partial charge in [0, 0.05) is 61.5 Å². The number of sulfone groups is 1. The lowest BCUT2D eigenvalue weighted by molar-refractivity contribution is -0.167. The van der Waals surface area contributed by atoms with E-state index < -0.39 is 52.8 Å². The summed E-state index contributed by atoms with van der Waals surface area (Å²) in [6.07, 6.45) is 7.88. The molecular weight excluding hydrogens is 872 g/mol. The van der Waals surface area contributed by atoms with Gasteiger partial charge in [-0.05, 0) is 130 Å². The summed E-state index contributed by atoms with van der Waals surface area (Å²) in [5.41, 5.74) is -0.571. The van der Waals surface area contributed by atoms with Crippen LogP contribution in [0.5, 0.6) is 0 Å². The molecule has 3 saturated carbocycles. The molecule has 4 fully saturated rings. The van der Waals surface area contributed by atoms with Crippen molar-refractivity contribution < 1.29 is 39.9 Å². The highest BCUT2D eigenvalue weighted by molar-refractivity contribution is 7.99. The lowest BCUT2D eigenvalue weighted by Gasteiger charge is -2.72. The lowest BCUT2D eigenvalue weighted by atomic mass is 9.33. The van der Waals surface area contributed by atoms with Crippen LogP contribution in [-0.4, -0.2) is 107 Å². The SMILES string of the molecule is C[C@H](C[C@H](Sc1ccccc1)N(C)CCO)Nc1ccc(S(=O)(=O)NC(=O)c2ccc(N3CCN(CC4=C(C56CC(C)(C5)C6)CC(C)(C)CC4)CC3)cc2)cc1S(=O)(=O)C(F)(F)F. The van der Waals surface area contributed by atoms with Crippen molar-refractivity contribution in [2.24, 2.45) is 16.2 Å². The number of amides is 1. The number of carbonyl (C=O) groups excluding carboxylic acids is 1. The number of nitrogens with zero attached hydrogens (tertiary/aromatic N) is 3. The van der Waals surface area contributed by atoms with Crippen LogP contribution in [0.2, 0.25) is 0 Å². The van der Waals surface area contributed by atoms with Crippen LogP contribution in [0.3, 0.4) is 0 Å². The second-order valence-corrected chi connectivity index (χ2v) is 24.1. The molecule has 17 heteroatoms. The number of aliphatic hydroxyl groups is 1. The van der Waals surface area contributed by atoms with Crippen molar-refractivity contribution in [2.45, 2.75) is 104 Å². The third kappa shape index (κ3) is 10.4. The van der Waals surface area contributed by atoms with E-state index >= 15 is 0 Å². The number of benzene rings is 3. The number of thioether (sulfide) groups is 1. The van der Waals surface area contributed by atoms with E-state index in [0.717, 1.165) is 61.9 Å². The Bertz CT molecular complexity index is 2380. The average molecular weight is 932 g/mol. The summed E-state index contributed by atoms with van der Waals surface area (Å²) in [6.45, 7) is 13.4. The Morgan fingerprint density at radius 1 is 0.937 bits per heavy atom. The third-order valence-electron chi connectivity index (χ3n) is 13.4. The van der Waals surface area contributed by atoms with Gasteiger partial charge in [0.1, 0.15) is 4.90 Å². The number of hydrogen-bond acceptors (Lipinski definition) is 11. The minimum Gasteiger partial charge on any atom is -0.395 e. The van der Waals surface area contributed by atoms with Crippen molar-refractivity contribution >= 4 is 48.9 Å². The zero-order valence-corrected chi connectivity index (χ0v) is 39.1. The molecule has 5 aliphatic rings. The highest BCUT2D eigenvalue weighted by atomic mass is 32.2. The fourth-order valence-corrected chi connectivity index (χ4v) is 13.5. The van der Waals surface area contributed by atoms with Gasteiger partial charge in [0.25, 0.3) is 25.8 Å². The van der Waals surface area contributed by atoms with Crippen LogP contribution in [0.4, 0.5) is 24.5 Å². The van der Waals surface area contributed by atoms with Crippen LogP contribution >= 0.6 is 11.8 Å². The average Bonchev–Trinajstić information content (AvgIpc) is 3.20. The Hall–Kier alpha value is -3.61. The highest BCUT2D eigenvalue weighted by Crippen LogP contribution is 2.77. The fraction of sp³-hybridized carbons (Fsp3) is 0.543. The van der Waals surface area contributed by atoms with E-state index in [1.807, 2.05) is 40.0 Å². The first-order valence-corrected chi connectivity index (χ1v) is 25.5. The number of likely N-dealkylation sites (N-methyl/N-ethyl adjacent to an activating group) is 1. The number of carbonyl (C=O) groups is 1. The number of aliphatic hydroxyl groups excluding tert-OH is 1. The van der Waals surface area contributed by atoms with Gasteiger partial charge < -0.3 is 15.3 Å². The van der Waals surface area contributed by atoms with E-state index in [9.17, 15) is 39.9 Å². The second kappa shape index (κ2) is 18.0. The topological polar surface area (TPSA) is 139 Å². The predicted octanol–water partition coefficient (Wildman–Crippen LogP) is 8.15. The number of nitrogens with one attached hydrogen (secondary N) is 2. The molecule has 63 heavy (non-hydrogen) atoms. The van der Waals surface area contributed by atoms with Gasteiger partial charge in [-0.3, -0.25) is 14.6 Å². The Morgan fingerprint density at radius 2 is 1.59 bits per heavy atom. The van der Waals surface area contributed by atoms with E-state index in [-0.39, 0.29) is 17.5 Å². The molecular formula is C46H60F3N5O6S3. The van der Waals surface area contributed by atoms with Crippen molar-refractivity contribution in [1.29, 1.82) is 0 Å². The van der Waals surface area contributed by atoms with Crippen LogP contribution in [0.1, 0.15) is 83.0 Å². The van der Waals surface area contributed by atoms with Gasteiger partial charge in [-0.15, -0.1) is 11.8 Å². The van der Waals surface area contributed by atoms with Gasteiger partial charge in [-0.25, -0.2) is 21.6 Å². The maximum Gasteiger partial charge on any atom is 0.501 e. The van der Waals surface area contributed by atoms with Gasteiger partial charge in [-0.2, -0.15) is 13.2 Å². The molecule has 8 rings (SSSR count). The Morgan fingerprint density at radius 3 is 2.19 bits per heavy atom. The maximum absolute atomic E-state index is 14.0. The largest absolute Gasteiger partial charge is 0.501 e. The fourth-order valence-electron chi connectivity index (χ4n) is 10.2. The lowest BCUT2D eigenvalue weighted by Crippen LogP contribution is -2.61. The number of piperazine rings is 1. The minimum absolute atomic E-state index is 0.00690. The van der Waals surface area contributed by atoms with E-state index in [2.05, 4.69) is 35.9 Å². The monoisotopic (exact) mass is 931 g/mol. The first-order chi connectivity index (χ1) is 29.5. The number of allylic oxidation sites excluding steroid dienone is 1. The molecule has 344 valence electrons. The minimum atomic E-state index is -6.06. The van der Waals surface area contributed by atoms with Crippen molar-refractivity contribution in [2.75, 3.05) is 63.1 Å². The molecule has 1 aliphatic heterocycles. The maximum atomic E-state index is 14.0. The van der Waals surface area contributed by atoms with Gasteiger partial charge >= 0.3 is 5.51 Å². The molecule has 0 radical (unpaired) electrons. The molecule has 3 aromatic carbocycles. The van der Waals surface area contributed by atoms with Crippen molar-refractivity contribution in [3.8, 4) is 0 Å². The standard InChI is InChI=1S/C46H60F3N5O6S3/c1-32(25-41(52(5)23-24-55)61-36-9-7-6-8-10-36)50-39-16-15-37(26-40(39)62(57,58)46(47,48)49)63(59,60)51-42(56)33-11-13-35(14-12-33)54-21-19-53(20-22-54)28-34-17-18-43(2,3)27-38(34)45-29-44(4,30-45)31-45/h6-16,26,32,41,50,55H,17-25,27-31H2,1-5H3,(H,51,56)/t32-,41+,44?,45?/m1/s1. The summed E-state index contributed by atoms with van der Waals surface area (Å²) in [4.78, 5) is 18.7. The van der Waals surface area contributed by atoms with Crippen LogP contribution in [0.15, 0.2) is 98.6 Å². The summed E-state index contributed by atoms with van der Waals surface area (Å²) in [5, 5.41) is 12.1.